The third-order valence-electron chi connectivity index (χ3n) is 5.23. The van der Waals surface area contributed by atoms with Crippen LogP contribution in [0.15, 0.2) is 113 Å². The van der Waals surface area contributed by atoms with Crippen molar-refractivity contribution in [2.75, 3.05) is 10.0 Å². The number of aromatic carboxylic acids is 1. The topological polar surface area (TPSA) is 113 Å². The fraction of sp³-hybridized carbons (Fsp3) is 0.0370. The first kappa shape index (κ1) is 26.3. The predicted molar refractivity (Wildman–Crippen MR) is 146 cm³/mol. The summed E-state index contributed by atoms with van der Waals surface area (Å²) in [5.74, 6) is -1.53. The molecular weight excluding hydrogens is 532 g/mol. The molecule has 0 radical (unpaired) electrons. The van der Waals surface area contributed by atoms with E-state index in [0.29, 0.717) is 5.69 Å². The lowest BCUT2D eigenvalue weighted by Gasteiger charge is -2.18. The molecule has 0 aromatic heterocycles. The molecule has 0 aliphatic carbocycles. The van der Waals surface area contributed by atoms with E-state index in [4.69, 9.17) is 11.6 Å². The van der Waals surface area contributed by atoms with Crippen LogP contribution in [0.4, 0.5) is 11.4 Å². The van der Waals surface area contributed by atoms with Crippen molar-refractivity contribution < 1.29 is 23.1 Å². The standard InChI is InChI=1S/C27H21ClN2O5S2/c28-23-16-11-19(27(32)33)17-24(23)29-26(31)25(18-7-3-1-4-8-18)36-21-14-12-20(13-15-21)30-37(34,35)22-9-5-2-6-10-22/h1-17,25,30H,(H,29,31)(H,32,33). The molecule has 188 valence electrons. The van der Waals surface area contributed by atoms with E-state index in [2.05, 4.69) is 10.0 Å². The molecule has 1 unspecified atom stereocenters. The van der Waals surface area contributed by atoms with E-state index in [1.165, 1.54) is 42.1 Å². The first-order valence-corrected chi connectivity index (χ1v) is 13.7. The Balaban J connectivity index is 1.55. The fourth-order valence-corrected chi connectivity index (χ4v) is 5.67. The highest BCUT2D eigenvalue weighted by molar-refractivity contribution is 8.00. The van der Waals surface area contributed by atoms with Gasteiger partial charge in [-0.25, -0.2) is 13.2 Å². The number of nitrogens with one attached hydrogen (secondary N) is 2. The minimum atomic E-state index is -3.73. The maximum absolute atomic E-state index is 13.3. The molecule has 0 heterocycles. The minimum Gasteiger partial charge on any atom is -0.478 e. The lowest BCUT2D eigenvalue weighted by Crippen LogP contribution is -2.19. The Morgan fingerprint density at radius 1 is 0.838 bits per heavy atom. The molecule has 0 saturated carbocycles. The van der Waals surface area contributed by atoms with Gasteiger partial charge in [-0.05, 0) is 60.2 Å². The first-order chi connectivity index (χ1) is 17.7. The maximum Gasteiger partial charge on any atom is 0.335 e. The number of carbonyl (C=O) groups is 2. The number of benzene rings is 4. The van der Waals surface area contributed by atoms with Crippen LogP contribution in [0.1, 0.15) is 21.2 Å². The van der Waals surface area contributed by atoms with Crippen molar-refractivity contribution >= 4 is 56.6 Å². The van der Waals surface area contributed by atoms with Gasteiger partial charge in [-0.3, -0.25) is 9.52 Å². The number of hydrogen-bond acceptors (Lipinski definition) is 5. The van der Waals surface area contributed by atoms with Crippen molar-refractivity contribution in [3.63, 3.8) is 0 Å². The summed E-state index contributed by atoms with van der Waals surface area (Å²) in [5, 5.41) is 11.5. The number of anilines is 2. The van der Waals surface area contributed by atoms with Crippen LogP contribution in [0, 0.1) is 0 Å². The highest BCUT2D eigenvalue weighted by atomic mass is 35.5. The zero-order chi connectivity index (χ0) is 26.4. The van der Waals surface area contributed by atoms with Gasteiger partial charge in [0.2, 0.25) is 5.91 Å². The third-order valence-corrected chi connectivity index (χ3v) is 8.22. The van der Waals surface area contributed by atoms with Crippen LogP contribution in [-0.4, -0.2) is 25.4 Å². The predicted octanol–water partition coefficient (Wildman–Crippen LogP) is 6.31. The highest BCUT2D eigenvalue weighted by Crippen LogP contribution is 2.37. The van der Waals surface area contributed by atoms with Crippen molar-refractivity contribution in [2.45, 2.75) is 15.0 Å². The van der Waals surface area contributed by atoms with Gasteiger partial charge in [0, 0.05) is 10.6 Å². The summed E-state index contributed by atoms with van der Waals surface area (Å²) in [7, 11) is -3.73. The largest absolute Gasteiger partial charge is 0.478 e. The van der Waals surface area contributed by atoms with Gasteiger partial charge in [0.05, 0.1) is 21.2 Å². The molecule has 4 aromatic carbocycles. The van der Waals surface area contributed by atoms with Gasteiger partial charge in [0.1, 0.15) is 5.25 Å². The van der Waals surface area contributed by atoms with Crippen molar-refractivity contribution in [1.82, 2.24) is 0 Å². The van der Waals surface area contributed by atoms with Crippen molar-refractivity contribution in [3.05, 3.63) is 119 Å². The molecule has 4 aromatic rings. The molecule has 7 nitrogen and oxygen atoms in total. The average molecular weight is 553 g/mol. The van der Waals surface area contributed by atoms with E-state index in [1.54, 1.807) is 42.5 Å². The Bertz CT molecular complexity index is 1510. The molecule has 0 spiro atoms. The van der Waals surface area contributed by atoms with E-state index < -0.39 is 27.1 Å². The SMILES string of the molecule is O=C(O)c1ccc(Cl)c(NC(=O)C(Sc2ccc(NS(=O)(=O)c3ccccc3)cc2)c2ccccc2)c1. The molecule has 4 rings (SSSR count). The number of halogens is 1. The van der Waals surface area contributed by atoms with E-state index >= 15 is 0 Å². The van der Waals surface area contributed by atoms with Crippen LogP contribution in [0.5, 0.6) is 0 Å². The van der Waals surface area contributed by atoms with E-state index in [1.807, 2.05) is 30.3 Å². The molecule has 10 heteroatoms. The van der Waals surface area contributed by atoms with Gasteiger partial charge in [-0.1, -0.05) is 60.1 Å². The molecule has 1 amide bonds. The lowest BCUT2D eigenvalue weighted by atomic mass is 10.1. The van der Waals surface area contributed by atoms with Gasteiger partial charge in [0.25, 0.3) is 10.0 Å². The normalized spacial score (nSPS) is 11.9. The lowest BCUT2D eigenvalue weighted by molar-refractivity contribution is -0.115. The smallest absolute Gasteiger partial charge is 0.335 e. The molecular formula is C27H21ClN2O5S2. The van der Waals surface area contributed by atoms with Crippen LogP contribution in [0.3, 0.4) is 0 Å². The van der Waals surface area contributed by atoms with E-state index in [-0.39, 0.29) is 21.2 Å². The monoisotopic (exact) mass is 552 g/mol. The number of sulfonamides is 1. The molecule has 0 saturated heterocycles. The second-order valence-corrected chi connectivity index (χ2v) is 11.1. The number of hydrogen-bond donors (Lipinski definition) is 3. The third kappa shape index (κ3) is 6.71. The molecule has 0 aliphatic heterocycles. The summed E-state index contributed by atoms with van der Waals surface area (Å²) in [6.45, 7) is 0. The molecule has 0 fully saturated rings. The Kier molecular flexibility index (Phi) is 8.17. The van der Waals surface area contributed by atoms with Crippen LogP contribution < -0.4 is 10.0 Å². The maximum atomic E-state index is 13.3. The van der Waals surface area contributed by atoms with Crippen molar-refractivity contribution in [2.24, 2.45) is 0 Å². The Labute approximate surface area is 223 Å². The summed E-state index contributed by atoms with van der Waals surface area (Å²) in [6, 6.07) is 27.9. The molecule has 0 aliphatic rings. The zero-order valence-electron chi connectivity index (χ0n) is 19.2. The number of carbonyl (C=O) groups excluding carboxylic acids is 1. The number of thioether (sulfide) groups is 1. The number of rotatable bonds is 9. The minimum absolute atomic E-state index is 0.00263. The zero-order valence-corrected chi connectivity index (χ0v) is 21.6. The van der Waals surface area contributed by atoms with Gasteiger partial charge < -0.3 is 10.4 Å². The second kappa shape index (κ2) is 11.5. The van der Waals surface area contributed by atoms with E-state index in [0.717, 1.165) is 10.5 Å². The summed E-state index contributed by atoms with van der Waals surface area (Å²) in [6.07, 6.45) is 0. The van der Waals surface area contributed by atoms with Gasteiger partial charge in [-0.15, -0.1) is 11.8 Å². The average Bonchev–Trinajstić information content (AvgIpc) is 2.90. The van der Waals surface area contributed by atoms with Crippen LogP contribution >= 0.6 is 23.4 Å². The van der Waals surface area contributed by atoms with Crippen LogP contribution in [0.2, 0.25) is 5.02 Å². The Morgan fingerprint density at radius 3 is 2.08 bits per heavy atom. The van der Waals surface area contributed by atoms with E-state index in [9.17, 15) is 23.1 Å². The quantitative estimate of drug-likeness (QED) is 0.210. The van der Waals surface area contributed by atoms with Crippen molar-refractivity contribution in [1.29, 1.82) is 0 Å². The van der Waals surface area contributed by atoms with Crippen LogP contribution in [-0.2, 0) is 14.8 Å². The molecule has 0 bridgehead atoms. The second-order valence-electron chi connectivity index (χ2n) is 7.84. The molecule has 3 N–H and O–H groups in total. The Hall–Kier alpha value is -3.79. The first-order valence-electron chi connectivity index (χ1n) is 11.0. The summed E-state index contributed by atoms with van der Waals surface area (Å²) < 4.78 is 27.7. The summed E-state index contributed by atoms with van der Waals surface area (Å²) in [4.78, 5) is 25.5. The molecule has 37 heavy (non-hydrogen) atoms. The summed E-state index contributed by atoms with van der Waals surface area (Å²) >= 11 is 7.46. The van der Waals surface area contributed by atoms with Crippen molar-refractivity contribution in [3.8, 4) is 0 Å². The van der Waals surface area contributed by atoms with Gasteiger partial charge in [0.15, 0.2) is 0 Å². The summed E-state index contributed by atoms with van der Waals surface area (Å²) in [5.41, 5.74) is 1.30. The number of amides is 1. The fourth-order valence-electron chi connectivity index (χ4n) is 3.40. The van der Waals surface area contributed by atoms with Gasteiger partial charge >= 0.3 is 5.97 Å². The van der Waals surface area contributed by atoms with Gasteiger partial charge in [-0.2, -0.15) is 0 Å². The molecule has 1 atom stereocenters. The number of carboxylic acids is 1. The van der Waals surface area contributed by atoms with Crippen LogP contribution in [0.25, 0.3) is 0 Å². The number of carboxylic acid groups (broad SMARTS) is 1. The Morgan fingerprint density at radius 2 is 1.46 bits per heavy atom. The highest BCUT2D eigenvalue weighted by Gasteiger charge is 2.23.